The lowest BCUT2D eigenvalue weighted by Crippen LogP contribution is -2.48. The number of nitrogen functional groups attached to an aromatic ring is 1. The average molecular weight is 246 g/mol. The van der Waals surface area contributed by atoms with Crippen LogP contribution >= 0.6 is 0 Å². The Morgan fingerprint density at radius 2 is 2.00 bits per heavy atom. The van der Waals surface area contributed by atoms with Gasteiger partial charge in [0.15, 0.2) is 0 Å². The third-order valence-corrected chi connectivity index (χ3v) is 3.79. The Balaban J connectivity index is 2.07. The number of rotatable bonds is 2. The van der Waals surface area contributed by atoms with Crippen molar-refractivity contribution in [2.75, 3.05) is 5.73 Å². The maximum absolute atomic E-state index is 12.4. The van der Waals surface area contributed by atoms with Gasteiger partial charge in [0.2, 0.25) is 5.91 Å². The Morgan fingerprint density at radius 1 is 1.33 bits per heavy atom. The van der Waals surface area contributed by atoms with Gasteiger partial charge < -0.3 is 10.6 Å². The predicted octanol–water partition coefficient (Wildman–Crippen LogP) is 2.60. The molecule has 2 rings (SSSR count). The molecule has 1 amide bonds. The van der Waals surface area contributed by atoms with E-state index in [1.165, 1.54) is 6.42 Å². The van der Waals surface area contributed by atoms with Crippen molar-refractivity contribution >= 4 is 11.6 Å². The Morgan fingerprint density at radius 3 is 2.61 bits per heavy atom. The van der Waals surface area contributed by atoms with Crippen molar-refractivity contribution in [2.45, 2.75) is 51.6 Å². The van der Waals surface area contributed by atoms with E-state index in [1.807, 2.05) is 29.2 Å². The maximum atomic E-state index is 12.4. The van der Waals surface area contributed by atoms with Gasteiger partial charge in [-0.2, -0.15) is 0 Å². The lowest BCUT2D eigenvalue weighted by atomic mass is 9.96. The molecule has 0 bridgehead atoms. The molecule has 0 aliphatic carbocycles. The van der Waals surface area contributed by atoms with Crippen molar-refractivity contribution in [3.63, 3.8) is 0 Å². The molecule has 1 aliphatic rings. The first-order valence-electron chi connectivity index (χ1n) is 6.73. The van der Waals surface area contributed by atoms with E-state index in [4.69, 9.17) is 5.73 Å². The van der Waals surface area contributed by atoms with E-state index in [2.05, 4.69) is 13.8 Å². The van der Waals surface area contributed by atoms with E-state index in [9.17, 15) is 4.79 Å². The minimum atomic E-state index is 0.223. The van der Waals surface area contributed by atoms with Crippen LogP contribution in [0.25, 0.3) is 0 Å². The molecule has 3 nitrogen and oxygen atoms in total. The van der Waals surface area contributed by atoms with Crippen LogP contribution < -0.4 is 5.73 Å². The summed E-state index contributed by atoms with van der Waals surface area (Å²) in [5.74, 6) is 0.223. The molecule has 0 spiro atoms. The lowest BCUT2D eigenvalue weighted by Gasteiger charge is -2.39. The predicted molar refractivity (Wildman–Crippen MR) is 74.2 cm³/mol. The quantitative estimate of drug-likeness (QED) is 0.815. The fourth-order valence-electron chi connectivity index (χ4n) is 2.88. The molecule has 2 unspecified atom stereocenters. The van der Waals surface area contributed by atoms with Gasteiger partial charge in [-0.3, -0.25) is 4.79 Å². The highest BCUT2D eigenvalue weighted by Gasteiger charge is 2.28. The van der Waals surface area contributed by atoms with Crippen LogP contribution in [0, 0.1) is 0 Å². The maximum Gasteiger partial charge on any atom is 0.227 e. The number of benzene rings is 1. The van der Waals surface area contributed by atoms with Gasteiger partial charge in [0.1, 0.15) is 0 Å². The summed E-state index contributed by atoms with van der Waals surface area (Å²) < 4.78 is 0. The van der Waals surface area contributed by atoms with Crippen LogP contribution in [0.5, 0.6) is 0 Å². The first-order chi connectivity index (χ1) is 8.58. The van der Waals surface area contributed by atoms with Gasteiger partial charge in [-0.05, 0) is 50.8 Å². The summed E-state index contributed by atoms with van der Waals surface area (Å²) >= 11 is 0. The summed E-state index contributed by atoms with van der Waals surface area (Å²) in [5, 5.41) is 0. The summed E-state index contributed by atoms with van der Waals surface area (Å²) in [6, 6.07) is 8.33. The summed E-state index contributed by atoms with van der Waals surface area (Å²) in [5.41, 5.74) is 7.47. The molecule has 1 heterocycles. The third kappa shape index (κ3) is 2.84. The third-order valence-electron chi connectivity index (χ3n) is 3.79. The van der Waals surface area contributed by atoms with Crippen LogP contribution in [0.1, 0.15) is 38.7 Å². The molecule has 18 heavy (non-hydrogen) atoms. The van der Waals surface area contributed by atoms with Gasteiger partial charge >= 0.3 is 0 Å². The highest BCUT2D eigenvalue weighted by atomic mass is 16.2. The van der Waals surface area contributed by atoms with Crippen molar-refractivity contribution in [3.05, 3.63) is 29.8 Å². The topological polar surface area (TPSA) is 46.3 Å². The molecule has 2 atom stereocenters. The van der Waals surface area contributed by atoms with Crippen LogP contribution in [0.15, 0.2) is 24.3 Å². The van der Waals surface area contributed by atoms with Crippen molar-refractivity contribution in [1.29, 1.82) is 0 Å². The van der Waals surface area contributed by atoms with Crippen molar-refractivity contribution in [3.8, 4) is 0 Å². The van der Waals surface area contributed by atoms with Crippen molar-refractivity contribution in [1.82, 2.24) is 4.90 Å². The summed E-state index contributed by atoms with van der Waals surface area (Å²) in [6.45, 7) is 4.29. The van der Waals surface area contributed by atoms with E-state index in [0.29, 0.717) is 18.5 Å². The van der Waals surface area contributed by atoms with Gasteiger partial charge in [0.25, 0.3) is 0 Å². The molecule has 1 saturated heterocycles. The molecule has 1 aromatic carbocycles. The van der Waals surface area contributed by atoms with Crippen LogP contribution in [-0.2, 0) is 11.2 Å². The number of anilines is 1. The van der Waals surface area contributed by atoms with E-state index < -0.39 is 0 Å². The first kappa shape index (κ1) is 12.9. The standard InChI is InChI=1S/C15H22N2O/c1-11-5-3-6-12(2)17(11)15(18)10-13-7-4-8-14(16)9-13/h4,7-9,11-12H,3,5-6,10,16H2,1-2H3. The molecule has 98 valence electrons. The largest absolute Gasteiger partial charge is 0.399 e. The molecule has 0 aromatic heterocycles. The summed E-state index contributed by atoms with van der Waals surface area (Å²) in [6.07, 6.45) is 3.92. The zero-order valence-electron chi connectivity index (χ0n) is 11.2. The summed E-state index contributed by atoms with van der Waals surface area (Å²) in [7, 11) is 0. The number of carbonyl (C=O) groups excluding carboxylic acids is 1. The minimum Gasteiger partial charge on any atom is -0.399 e. The average Bonchev–Trinajstić information content (AvgIpc) is 2.28. The molecule has 1 aromatic rings. The number of nitrogens with two attached hydrogens (primary N) is 1. The molecule has 1 aliphatic heterocycles. The van der Waals surface area contributed by atoms with Crippen LogP contribution in [0.2, 0.25) is 0 Å². The highest BCUT2D eigenvalue weighted by Crippen LogP contribution is 2.23. The van der Waals surface area contributed by atoms with Crippen LogP contribution in [-0.4, -0.2) is 22.9 Å². The zero-order chi connectivity index (χ0) is 13.1. The van der Waals surface area contributed by atoms with E-state index >= 15 is 0 Å². The number of nitrogens with zero attached hydrogens (tertiary/aromatic N) is 1. The van der Waals surface area contributed by atoms with E-state index in [1.54, 1.807) is 0 Å². The first-order valence-corrected chi connectivity index (χ1v) is 6.73. The Bertz CT molecular complexity index is 420. The second-order valence-corrected chi connectivity index (χ2v) is 5.35. The van der Waals surface area contributed by atoms with Gasteiger partial charge in [-0.1, -0.05) is 12.1 Å². The molecular weight excluding hydrogens is 224 g/mol. The number of hydrogen-bond donors (Lipinski definition) is 1. The van der Waals surface area contributed by atoms with Gasteiger partial charge in [-0.25, -0.2) is 0 Å². The molecule has 3 heteroatoms. The minimum absolute atomic E-state index is 0.223. The SMILES string of the molecule is CC1CCCC(C)N1C(=O)Cc1cccc(N)c1. The molecule has 0 saturated carbocycles. The Hall–Kier alpha value is -1.51. The van der Waals surface area contributed by atoms with Crippen molar-refractivity contribution in [2.24, 2.45) is 0 Å². The van der Waals surface area contributed by atoms with E-state index in [0.717, 1.165) is 24.1 Å². The van der Waals surface area contributed by atoms with Gasteiger partial charge in [-0.15, -0.1) is 0 Å². The van der Waals surface area contributed by atoms with Crippen LogP contribution in [0.3, 0.4) is 0 Å². The molecule has 0 radical (unpaired) electrons. The molecule has 2 N–H and O–H groups in total. The fourth-order valence-corrected chi connectivity index (χ4v) is 2.88. The summed E-state index contributed by atoms with van der Waals surface area (Å²) in [4.78, 5) is 14.4. The van der Waals surface area contributed by atoms with Crippen LogP contribution in [0.4, 0.5) is 5.69 Å². The fraction of sp³-hybridized carbons (Fsp3) is 0.533. The number of likely N-dealkylation sites (tertiary alicyclic amines) is 1. The van der Waals surface area contributed by atoms with Crippen molar-refractivity contribution < 1.29 is 4.79 Å². The van der Waals surface area contributed by atoms with Gasteiger partial charge in [0, 0.05) is 17.8 Å². The Labute approximate surface area is 109 Å². The number of carbonyl (C=O) groups is 1. The van der Waals surface area contributed by atoms with Gasteiger partial charge in [0.05, 0.1) is 6.42 Å². The lowest BCUT2D eigenvalue weighted by molar-refractivity contribution is -0.136. The normalized spacial score (nSPS) is 24.0. The number of amides is 1. The number of piperidine rings is 1. The smallest absolute Gasteiger partial charge is 0.227 e. The second kappa shape index (κ2) is 5.42. The number of hydrogen-bond acceptors (Lipinski definition) is 2. The Kier molecular flexibility index (Phi) is 3.90. The molecular formula is C15H22N2O. The highest BCUT2D eigenvalue weighted by molar-refractivity contribution is 5.79. The zero-order valence-corrected chi connectivity index (χ0v) is 11.2. The molecule has 1 fully saturated rings. The van der Waals surface area contributed by atoms with E-state index in [-0.39, 0.29) is 5.91 Å². The second-order valence-electron chi connectivity index (χ2n) is 5.35. The monoisotopic (exact) mass is 246 g/mol.